The van der Waals surface area contributed by atoms with Gasteiger partial charge in [0.15, 0.2) is 0 Å². The number of ether oxygens (including phenoxy) is 1. The Morgan fingerprint density at radius 3 is 0.777 bits per heavy atom. The number of halogens is 18. The van der Waals surface area contributed by atoms with Gasteiger partial charge in [0.1, 0.15) is 5.78 Å². The van der Waals surface area contributed by atoms with Crippen LogP contribution in [0.2, 0.25) is 0 Å². The summed E-state index contributed by atoms with van der Waals surface area (Å²) in [6.45, 7) is 10.2. The molecule has 0 saturated carbocycles. The molecule has 14 nitrogen and oxygen atoms in total. The van der Waals surface area contributed by atoms with E-state index in [0.717, 1.165) is 81.5 Å². The molecular weight excluding hydrogens is 1520 g/mol. The van der Waals surface area contributed by atoms with Crippen LogP contribution in [-0.2, 0) is 48.5 Å². The van der Waals surface area contributed by atoms with Gasteiger partial charge in [-0.05, 0) is 143 Å². The predicted octanol–water partition coefficient (Wildman–Crippen LogP) is 22.0. The van der Waals surface area contributed by atoms with E-state index in [1.807, 2.05) is 184 Å². The Balaban J connectivity index is 0. The van der Waals surface area contributed by atoms with E-state index in [2.05, 4.69) is 55.1 Å². The van der Waals surface area contributed by atoms with Gasteiger partial charge in [-0.15, -0.1) is 0 Å². The average molecular weight is 1580 g/mol. The molecule has 0 fully saturated rings. The topological polar surface area (TPSA) is 193 Å². The van der Waals surface area contributed by atoms with Crippen LogP contribution in [0, 0.1) is 11.3 Å². The third-order valence-electron chi connectivity index (χ3n) is 8.58. The number of ketones is 1. The van der Waals surface area contributed by atoms with Crippen LogP contribution >= 0.6 is 23.4 Å². The van der Waals surface area contributed by atoms with Gasteiger partial charge in [0.2, 0.25) is 0 Å². The smallest absolute Gasteiger partial charge is 0.573 e. The molecule has 0 aliphatic carbocycles. The van der Waals surface area contributed by atoms with E-state index in [1.165, 1.54) is 20.8 Å². The van der Waals surface area contributed by atoms with E-state index in [-0.39, 0.29) is 44.7 Å². The number of rotatable bonds is 8. The maximum absolute atomic E-state index is 10.7. The number of aromatic nitrogens is 11. The van der Waals surface area contributed by atoms with E-state index in [9.17, 15) is 80.3 Å². The summed E-state index contributed by atoms with van der Waals surface area (Å²) < 4.78 is 182. The van der Waals surface area contributed by atoms with Crippen LogP contribution in [0.25, 0.3) is 68.3 Å². The molecule has 0 saturated heterocycles. The van der Waals surface area contributed by atoms with Gasteiger partial charge in [0.05, 0.1) is 63.0 Å². The van der Waals surface area contributed by atoms with Crippen molar-refractivity contribution in [3.05, 3.63) is 219 Å². The van der Waals surface area contributed by atoms with Crippen molar-refractivity contribution in [2.45, 2.75) is 34.6 Å². The molecule has 512 valence electrons. The van der Waals surface area contributed by atoms with Crippen molar-refractivity contribution in [3.8, 4) is 74.4 Å². The van der Waals surface area contributed by atoms with E-state index in [4.69, 9.17) is 10.00 Å². The van der Waals surface area contributed by atoms with Crippen molar-refractivity contribution >= 4 is 29.2 Å². The normalized spacial score (nSPS) is 12.3. The van der Waals surface area contributed by atoms with E-state index >= 15 is 0 Å². The van der Waals surface area contributed by atoms with Crippen LogP contribution in [-0.4, -0.2) is 69.0 Å². The molecule has 0 bridgehead atoms. The van der Waals surface area contributed by atoms with Crippen molar-refractivity contribution < 1.29 is 124 Å². The molecule has 0 amide bonds. The van der Waals surface area contributed by atoms with Crippen LogP contribution in [0.15, 0.2) is 219 Å². The third kappa shape index (κ3) is 56.7. The van der Waals surface area contributed by atoms with Gasteiger partial charge in [-0.1, -0.05) is 60.3 Å². The first-order valence-corrected chi connectivity index (χ1v) is 31.6. The first-order chi connectivity index (χ1) is 42.2. The zero-order valence-corrected chi connectivity index (χ0v) is 55.4. The van der Waals surface area contributed by atoms with Gasteiger partial charge in [0.25, 0.3) is 0 Å². The number of pyridine rings is 9. The maximum Gasteiger partial charge on any atom is 2.00 e. The summed E-state index contributed by atoms with van der Waals surface area (Å²) in [4.78, 5) is 48.1. The fourth-order valence-electron chi connectivity index (χ4n) is 5.59. The Bertz CT molecular complexity index is 3340. The summed E-state index contributed by atoms with van der Waals surface area (Å²) in [6, 6.07) is 55.7. The Labute approximate surface area is 552 Å². The van der Waals surface area contributed by atoms with Crippen molar-refractivity contribution in [1.82, 2.24) is 55.1 Å². The minimum Gasteiger partial charge on any atom is -0.573 e. The van der Waals surface area contributed by atoms with Gasteiger partial charge in [-0.25, -0.2) is 9.97 Å². The largest absolute Gasteiger partial charge is 2.00 e. The van der Waals surface area contributed by atoms with Gasteiger partial charge in [0, 0.05) is 75.4 Å². The Morgan fingerprint density at radius 1 is 0.383 bits per heavy atom. The number of hydrogen-bond acceptors (Lipinski definition) is 13. The quantitative estimate of drug-likeness (QED) is 0.0792. The zero-order valence-electron chi connectivity index (χ0n) is 49.2. The molecule has 10 aromatic rings. The summed E-state index contributed by atoms with van der Waals surface area (Å²) in [5.74, 6) is 0.167. The fraction of sp³-hybridized carbons (Fsp3) is 0.123. The minimum atomic E-state index is -10.7. The molecule has 0 spiro atoms. The molecule has 10 heterocycles. The molecule has 0 aromatic carbocycles. The molecule has 0 aliphatic rings. The Hall–Kier alpha value is -8.04. The molecule has 0 atom stereocenters. The van der Waals surface area contributed by atoms with E-state index in [0.29, 0.717) is 0 Å². The van der Waals surface area contributed by atoms with Crippen LogP contribution in [0.3, 0.4) is 0 Å². The first-order valence-electron chi connectivity index (χ1n) is 25.5. The molecule has 10 aromatic heterocycles. The summed E-state index contributed by atoms with van der Waals surface area (Å²) >= 11 is 0. The SMILES string of the molecule is CC#N.CC(C)=O.CCOCC.F[P-](F)(F)(F)(F)F.F[P-](F)(F)(F)(F)F.F[P-](F)(F)(F)(F)F.[Ru+2].[Ru+2].c1ccc(-c2cc(-c3ccccn3)[n-]n2)nc1.c1ccc(-c2cccc(-c3ccccn3)n2)nc1.c1ccc(-c2cccc(-c3ccccn3)n2)nc1.c1ccncc1. The monoisotopic (exact) mass is 1580 g/mol. The number of hydrogen-bond donors (Lipinski definition) is 0. The third-order valence-corrected chi connectivity index (χ3v) is 8.58. The zero-order chi connectivity index (χ0) is 69.8. The van der Waals surface area contributed by atoms with Crippen molar-refractivity contribution in [2.75, 3.05) is 13.2 Å². The number of Topliss-reactive ketones (excluding diaryl/α,β-unsaturated/α-hetero) is 1. The molecule has 0 unspecified atom stereocenters. The standard InChI is InChI=1S/2C15H11N3.C13H9N4.C5H5N.C4H10O.C3H6O.C2H3N.3F6P.2Ru/c2*1-3-10-16-12(6-1)14-8-5-9-15(18-14)13-7-2-4-11-17-13;1-3-7-14-10(5-1)12-9-13(17-16-12)11-6-2-4-8-15-11;1-2-4-6-5-3-1;1-3-5-4-2;1-3(2)4;1-2-3;3*1-7(2,3,4,5)6;;/h2*1-11H;1-9H;1-5H;3-4H2,1-2H3;1-2H3;1H3;;;;;/q;;-1;;;;;3*-1;2*+2. The van der Waals surface area contributed by atoms with Gasteiger partial charge < -0.3 is 19.7 Å². The van der Waals surface area contributed by atoms with Gasteiger partial charge >= 0.3 is 138 Å². The molecule has 0 radical (unpaired) electrons. The molecule has 10 rings (SSSR count). The van der Waals surface area contributed by atoms with Crippen molar-refractivity contribution in [3.63, 3.8) is 0 Å². The van der Waals surface area contributed by atoms with Crippen molar-refractivity contribution in [2.24, 2.45) is 0 Å². The van der Waals surface area contributed by atoms with E-state index in [1.54, 1.807) is 55.6 Å². The average Bonchev–Trinajstić information content (AvgIpc) is 1.02. The summed E-state index contributed by atoms with van der Waals surface area (Å²) in [5.41, 5.74) is 10.1. The second kappa shape index (κ2) is 37.2. The number of nitriles is 1. The van der Waals surface area contributed by atoms with Gasteiger partial charge in [-0.3, -0.25) is 34.9 Å². The maximum atomic E-state index is 9.87. The van der Waals surface area contributed by atoms with Crippen LogP contribution in [0.5, 0.6) is 0 Å². The molecular formula is C57H55F18N12O2P3Ru2. The van der Waals surface area contributed by atoms with Crippen LogP contribution in [0.1, 0.15) is 34.6 Å². The van der Waals surface area contributed by atoms with Crippen LogP contribution in [0.4, 0.5) is 75.5 Å². The first kappa shape index (κ1) is 88.0. The Morgan fingerprint density at radius 2 is 0.596 bits per heavy atom. The Kier molecular flexibility index (Phi) is 34.8. The molecule has 0 aliphatic heterocycles. The fourth-order valence-corrected chi connectivity index (χ4v) is 5.59. The number of nitrogens with zero attached hydrogens (tertiary/aromatic N) is 12. The minimum absolute atomic E-state index is 0. The molecule has 0 N–H and O–H groups in total. The van der Waals surface area contributed by atoms with Crippen molar-refractivity contribution in [1.29, 1.82) is 5.26 Å². The van der Waals surface area contributed by atoms with Crippen LogP contribution < -0.4 is 5.10 Å². The molecule has 94 heavy (non-hydrogen) atoms. The van der Waals surface area contributed by atoms with Gasteiger partial charge in [-0.2, -0.15) is 5.26 Å². The molecule has 37 heteroatoms. The van der Waals surface area contributed by atoms with E-state index < -0.39 is 23.4 Å². The predicted molar refractivity (Wildman–Crippen MR) is 320 cm³/mol. The summed E-state index contributed by atoms with van der Waals surface area (Å²) in [7, 11) is -32.0. The second-order valence-electron chi connectivity index (χ2n) is 17.0. The number of carbonyl (C=O) groups is 1. The number of carbonyl (C=O) groups excluding carboxylic acids is 1. The summed E-state index contributed by atoms with van der Waals surface area (Å²) in [5, 5.41) is 15.5. The second-order valence-corrected chi connectivity index (χ2v) is 22.8. The summed E-state index contributed by atoms with van der Waals surface area (Å²) in [6.07, 6.45) is 14.1.